The molecule has 8 nitrogen and oxygen atoms in total. The lowest BCUT2D eigenvalue weighted by Gasteiger charge is -2.33. The van der Waals surface area contributed by atoms with Crippen LogP contribution in [-0.4, -0.2) is 55.9 Å². The van der Waals surface area contributed by atoms with E-state index in [0.29, 0.717) is 30.0 Å². The molecule has 0 amide bonds. The summed E-state index contributed by atoms with van der Waals surface area (Å²) in [5, 5.41) is 12.1. The molecule has 168 valence electrons. The first-order valence-corrected chi connectivity index (χ1v) is 12.1. The largest absolute Gasteiger partial charge is 0.381 e. The minimum atomic E-state index is 0.421. The lowest BCUT2D eigenvalue weighted by atomic mass is 9.90. The Morgan fingerprint density at radius 3 is 2.41 bits per heavy atom. The maximum absolute atomic E-state index is 5.48. The van der Waals surface area contributed by atoms with Crippen molar-refractivity contribution in [3.05, 3.63) is 36.3 Å². The Kier molecular flexibility index (Phi) is 5.48. The van der Waals surface area contributed by atoms with Crippen LogP contribution in [0.2, 0.25) is 0 Å². The van der Waals surface area contributed by atoms with E-state index in [4.69, 9.17) is 14.7 Å². The summed E-state index contributed by atoms with van der Waals surface area (Å²) in [6, 6.07) is 7.68. The lowest BCUT2D eigenvalue weighted by molar-refractivity contribution is 0.0730. The Bertz CT molecular complexity index is 1070. The number of fused-ring (bicyclic) bond motifs is 1. The van der Waals surface area contributed by atoms with Gasteiger partial charge in [-0.2, -0.15) is 5.10 Å². The highest BCUT2D eigenvalue weighted by Gasteiger charge is 2.27. The van der Waals surface area contributed by atoms with Crippen LogP contribution in [0.15, 0.2) is 30.6 Å². The normalized spacial score (nSPS) is 24.6. The zero-order valence-electron chi connectivity index (χ0n) is 18.4. The standard InChI is InChI=1S/C24H31N7O/c1-2-16(1)22-15-23-28-21(8-12-31(23)30-22)20-7-11-25-24(29-20)27-18-5-3-17(4-6-18)26-19-9-13-32-14-10-19/h7-8,11-12,15-19,26H,1-6,9-10,13-14H2,(H,25,27,29)/t17-,18-. The van der Waals surface area contributed by atoms with E-state index >= 15 is 0 Å². The number of hydrogen-bond donors (Lipinski definition) is 2. The Hall–Kier alpha value is -2.58. The lowest BCUT2D eigenvalue weighted by Crippen LogP contribution is -2.44. The van der Waals surface area contributed by atoms with Gasteiger partial charge in [0.1, 0.15) is 0 Å². The quantitative estimate of drug-likeness (QED) is 0.614. The van der Waals surface area contributed by atoms with E-state index in [1.54, 1.807) is 0 Å². The molecule has 1 saturated heterocycles. The topological polar surface area (TPSA) is 89.3 Å². The molecule has 2 N–H and O–H groups in total. The Morgan fingerprint density at radius 2 is 1.59 bits per heavy atom. The third-order valence-electron chi connectivity index (χ3n) is 7.01. The average Bonchev–Trinajstić information content (AvgIpc) is 3.60. The molecule has 0 unspecified atom stereocenters. The zero-order chi connectivity index (χ0) is 21.3. The second-order valence-corrected chi connectivity index (χ2v) is 9.47. The van der Waals surface area contributed by atoms with Crippen LogP contribution < -0.4 is 10.6 Å². The molecule has 0 bridgehead atoms. The molecular weight excluding hydrogens is 402 g/mol. The van der Waals surface area contributed by atoms with E-state index in [0.717, 1.165) is 61.6 Å². The van der Waals surface area contributed by atoms with Gasteiger partial charge in [-0.15, -0.1) is 0 Å². The van der Waals surface area contributed by atoms with Gasteiger partial charge in [0, 0.05) is 55.7 Å². The first-order chi connectivity index (χ1) is 15.8. The molecule has 1 aliphatic heterocycles. The zero-order valence-corrected chi connectivity index (χ0v) is 18.4. The summed E-state index contributed by atoms with van der Waals surface area (Å²) in [7, 11) is 0. The van der Waals surface area contributed by atoms with E-state index in [1.165, 1.54) is 25.7 Å². The molecular formula is C24H31N7O. The molecule has 0 aromatic carbocycles. The molecule has 3 aromatic heterocycles. The molecule has 6 rings (SSSR count). The highest BCUT2D eigenvalue weighted by atomic mass is 16.5. The highest BCUT2D eigenvalue weighted by Crippen LogP contribution is 2.39. The van der Waals surface area contributed by atoms with Gasteiger partial charge in [0.15, 0.2) is 5.65 Å². The smallest absolute Gasteiger partial charge is 0.223 e. The molecule has 3 aliphatic rings. The number of nitrogens with one attached hydrogen (secondary N) is 2. The van der Waals surface area contributed by atoms with Crippen molar-refractivity contribution in [3.8, 4) is 11.4 Å². The Labute approximate surface area is 188 Å². The molecule has 0 spiro atoms. The summed E-state index contributed by atoms with van der Waals surface area (Å²) < 4.78 is 7.34. The van der Waals surface area contributed by atoms with Crippen LogP contribution in [0.4, 0.5) is 5.95 Å². The second-order valence-electron chi connectivity index (χ2n) is 9.47. The van der Waals surface area contributed by atoms with E-state index < -0.39 is 0 Å². The van der Waals surface area contributed by atoms with Gasteiger partial charge < -0.3 is 15.4 Å². The second kappa shape index (κ2) is 8.75. The minimum Gasteiger partial charge on any atom is -0.381 e. The van der Waals surface area contributed by atoms with Crippen LogP contribution in [0.1, 0.15) is 63.0 Å². The molecule has 0 radical (unpaired) electrons. The number of hydrogen-bond acceptors (Lipinski definition) is 7. The first kappa shape index (κ1) is 20.1. The van der Waals surface area contributed by atoms with Gasteiger partial charge in [-0.05, 0) is 63.5 Å². The van der Waals surface area contributed by atoms with Gasteiger partial charge in [0.25, 0.3) is 0 Å². The van der Waals surface area contributed by atoms with Crippen LogP contribution in [0.25, 0.3) is 17.0 Å². The van der Waals surface area contributed by atoms with Crippen LogP contribution >= 0.6 is 0 Å². The van der Waals surface area contributed by atoms with Gasteiger partial charge in [-0.1, -0.05) is 0 Å². The fourth-order valence-corrected chi connectivity index (χ4v) is 4.97. The van der Waals surface area contributed by atoms with Crippen LogP contribution in [-0.2, 0) is 4.74 Å². The van der Waals surface area contributed by atoms with Crippen molar-refractivity contribution >= 4 is 11.6 Å². The van der Waals surface area contributed by atoms with Gasteiger partial charge in [0.05, 0.1) is 17.1 Å². The number of anilines is 1. The number of nitrogens with zero attached hydrogens (tertiary/aromatic N) is 5. The van der Waals surface area contributed by atoms with Crippen LogP contribution in [0.3, 0.4) is 0 Å². The molecule has 4 heterocycles. The summed E-state index contributed by atoms with van der Waals surface area (Å²) in [6.45, 7) is 1.79. The summed E-state index contributed by atoms with van der Waals surface area (Å²) in [6.07, 6.45) is 13.2. The van der Waals surface area contributed by atoms with E-state index in [-0.39, 0.29) is 0 Å². The van der Waals surface area contributed by atoms with Gasteiger partial charge in [0.2, 0.25) is 5.95 Å². The molecule has 8 heteroatoms. The Morgan fingerprint density at radius 1 is 0.844 bits per heavy atom. The number of rotatable bonds is 6. The maximum atomic E-state index is 5.48. The first-order valence-electron chi connectivity index (χ1n) is 12.1. The summed E-state index contributed by atoms with van der Waals surface area (Å²) in [5.41, 5.74) is 3.73. The predicted octanol–water partition coefficient (Wildman–Crippen LogP) is 3.56. The SMILES string of the molecule is c1cc(-c2ccn3nc(C4CC4)cc3n2)nc(N[C@H]2CC[C@H](NC3CCOCC3)CC2)n1. The molecule has 2 saturated carbocycles. The number of aromatic nitrogens is 5. The molecule has 32 heavy (non-hydrogen) atoms. The van der Waals surface area contributed by atoms with Crippen LogP contribution in [0, 0.1) is 0 Å². The molecule has 3 fully saturated rings. The van der Waals surface area contributed by atoms with Crippen molar-refractivity contribution < 1.29 is 4.74 Å². The molecule has 0 atom stereocenters. The van der Waals surface area contributed by atoms with Gasteiger partial charge in [-0.25, -0.2) is 19.5 Å². The third kappa shape index (κ3) is 4.47. The summed E-state index contributed by atoms with van der Waals surface area (Å²) in [4.78, 5) is 14.0. The Balaban J connectivity index is 1.08. The number of ether oxygens (including phenoxy) is 1. The third-order valence-corrected chi connectivity index (χ3v) is 7.01. The van der Waals surface area contributed by atoms with E-state index in [2.05, 4.69) is 26.8 Å². The maximum Gasteiger partial charge on any atom is 0.223 e. The summed E-state index contributed by atoms with van der Waals surface area (Å²) >= 11 is 0. The van der Waals surface area contributed by atoms with Crippen molar-refractivity contribution in [2.24, 2.45) is 0 Å². The highest BCUT2D eigenvalue weighted by molar-refractivity contribution is 5.58. The van der Waals surface area contributed by atoms with Gasteiger partial charge >= 0.3 is 0 Å². The average molecular weight is 434 g/mol. The fourth-order valence-electron chi connectivity index (χ4n) is 4.97. The predicted molar refractivity (Wildman–Crippen MR) is 123 cm³/mol. The van der Waals surface area contributed by atoms with Crippen molar-refractivity contribution in [1.82, 2.24) is 29.9 Å². The summed E-state index contributed by atoms with van der Waals surface area (Å²) in [5.74, 6) is 1.31. The van der Waals surface area contributed by atoms with Crippen molar-refractivity contribution in [3.63, 3.8) is 0 Å². The van der Waals surface area contributed by atoms with E-state index in [1.807, 2.05) is 29.0 Å². The van der Waals surface area contributed by atoms with Crippen LogP contribution in [0.5, 0.6) is 0 Å². The van der Waals surface area contributed by atoms with E-state index in [9.17, 15) is 0 Å². The molecule has 3 aromatic rings. The van der Waals surface area contributed by atoms with Crippen molar-refractivity contribution in [2.75, 3.05) is 18.5 Å². The van der Waals surface area contributed by atoms with Crippen molar-refractivity contribution in [2.45, 2.75) is 75.4 Å². The molecule has 2 aliphatic carbocycles. The van der Waals surface area contributed by atoms with Crippen molar-refractivity contribution in [1.29, 1.82) is 0 Å². The fraction of sp³-hybridized carbons (Fsp3) is 0.583. The monoisotopic (exact) mass is 433 g/mol. The minimum absolute atomic E-state index is 0.421. The van der Waals surface area contributed by atoms with Gasteiger partial charge in [-0.3, -0.25) is 0 Å².